The number of aromatic nitrogens is 1. The van der Waals surface area contributed by atoms with Gasteiger partial charge in [0.15, 0.2) is 0 Å². The van der Waals surface area contributed by atoms with Gasteiger partial charge in [0.05, 0.1) is 0 Å². The lowest BCUT2D eigenvalue weighted by molar-refractivity contribution is 0.549. The molecule has 1 unspecified atom stereocenters. The molecular formula is C14H15ClN2O3S. The molecule has 0 fully saturated rings. The lowest BCUT2D eigenvalue weighted by Gasteiger charge is -2.17. The molecule has 112 valence electrons. The monoisotopic (exact) mass is 326 g/mol. The quantitative estimate of drug-likeness (QED) is 0.885. The summed E-state index contributed by atoms with van der Waals surface area (Å²) in [6.45, 7) is 1.86. The first-order chi connectivity index (χ1) is 9.94. The van der Waals surface area contributed by atoms with Crippen LogP contribution >= 0.6 is 11.6 Å². The smallest absolute Gasteiger partial charge is 0.246 e. The first-order valence-corrected chi connectivity index (χ1v) is 8.25. The van der Waals surface area contributed by atoms with E-state index in [4.69, 9.17) is 11.6 Å². The molecule has 0 aliphatic carbocycles. The van der Waals surface area contributed by atoms with E-state index >= 15 is 0 Å². The summed E-state index contributed by atoms with van der Waals surface area (Å²) in [6.07, 6.45) is 3.11. The van der Waals surface area contributed by atoms with Gasteiger partial charge in [-0.05, 0) is 24.1 Å². The zero-order chi connectivity index (χ0) is 15.5. The van der Waals surface area contributed by atoms with Crippen LogP contribution in [0.15, 0.2) is 52.4 Å². The molecule has 1 heterocycles. The molecule has 7 heteroatoms. The van der Waals surface area contributed by atoms with Gasteiger partial charge in [-0.1, -0.05) is 30.7 Å². The van der Waals surface area contributed by atoms with Crippen LogP contribution in [0, 0.1) is 0 Å². The molecule has 1 aromatic heterocycles. The van der Waals surface area contributed by atoms with Gasteiger partial charge in [-0.2, -0.15) is 0 Å². The molecule has 0 saturated carbocycles. The maximum atomic E-state index is 12.3. The van der Waals surface area contributed by atoms with Gasteiger partial charge in [0.25, 0.3) is 0 Å². The summed E-state index contributed by atoms with van der Waals surface area (Å²) in [5.74, 6) is 0. The van der Waals surface area contributed by atoms with Gasteiger partial charge in [-0.3, -0.25) is 4.79 Å². The Morgan fingerprint density at radius 2 is 1.90 bits per heavy atom. The SMILES string of the molecule is CCC(NS(=O)(=O)c1c[nH]ccc1=O)c1ccc(Cl)cc1. The van der Waals surface area contributed by atoms with Gasteiger partial charge in [0, 0.05) is 29.5 Å². The normalized spacial score (nSPS) is 13.0. The lowest BCUT2D eigenvalue weighted by Crippen LogP contribution is -2.31. The second-order valence-electron chi connectivity index (χ2n) is 4.51. The largest absolute Gasteiger partial charge is 0.366 e. The van der Waals surface area contributed by atoms with E-state index in [0.717, 1.165) is 5.56 Å². The lowest BCUT2D eigenvalue weighted by atomic mass is 10.1. The predicted octanol–water partition coefficient (Wildman–Crippen LogP) is 2.46. The highest BCUT2D eigenvalue weighted by Crippen LogP contribution is 2.21. The van der Waals surface area contributed by atoms with Gasteiger partial charge in [0.2, 0.25) is 15.5 Å². The number of hydrogen-bond acceptors (Lipinski definition) is 3. The minimum absolute atomic E-state index is 0.294. The topological polar surface area (TPSA) is 79.0 Å². The third-order valence-electron chi connectivity index (χ3n) is 3.06. The van der Waals surface area contributed by atoms with E-state index in [1.165, 1.54) is 18.5 Å². The van der Waals surface area contributed by atoms with Crippen molar-refractivity contribution in [3.05, 3.63) is 63.5 Å². The van der Waals surface area contributed by atoms with Gasteiger partial charge >= 0.3 is 0 Å². The van der Waals surface area contributed by atoms with Crippen molar-refractivity contribution in [2.75, 3.05) is 0 Å². The van der Waals surface area contributed by atoms with Gasteiger partial charge in [-0.15, -0.1) is 0 Å². The van der Waals surface area contributed by atoms with E-state index in [1.54, 1.807) is 24.3 Å². The highest BCUT2D eigenvalue weighted by atomic mass is 35.5. The number of aromatic amines is 1. The Labute approximate surface area is 128 Å². The maximum Gasteiger partial charge on any atom is 0.246 e. The summed E-state index contributed by atoms with van der Waals surface area (Å²) in [6, 6.07) is 7.67. The summed E-state index contributed by atoms with van der Waals surface area (Å²) < 4.78 is 27.2. The maximum absolute atomic E-state index is 12.3. The van der Waals surface area contributed by atoms with Crippen LogP contribution in [0.25, 0.3) is 0 Å². The molecule has 2 aromatic rings. The van der Waals surface area contributed by atoms with Crippen molar-refractivity contribution in [3.8, 4) is 0 Å². The standard InChI is InChI=1S/C14H15ClN2O3S/c1-2-12(10-3-5-11(15)6-4-10)17-21(19,20)14-9-16-8-7-13(14)18/h3-9,12,17H,2H2,1H3,(H,16,18). The van der Waals surface area contributed by atoms with Crippen molar-refractivity contribution in [1.29, 1.82) is 0 Å². The van der Waals surface area contributed by atoms with E-state index in [0.29, 0.717) is 11.4 Å². The summed E-state index contributed by atoms with van der Waals surface area (Å²) >= 11 is 5.83. The fourth-order valence-corrected chi connectivity index (χ4v) is 3.43. The number of halogens is 1. The average Bonchev–Trinajstić information content (AvgIpc) is 2.46. The second-order valence-corrected chi connectivity index (χ2v) is 6.63. The number of nitrogens with one attached hydrogen (secondary N) is 2. The van der Waals surface area contributed by atoms with Crippen molar-refractivity contribution in [2.45, 2.75) is 24.3 Å². The molecule has 0 spiro atoms. The van der Waals surface area contributed by atoms with Crippen LogP contribution in [0.5, 0.6) is 0 Å². The minimum atomic E-state index is -3.89. The summed E-state index contributed by atoms with van der Waals surface area (Å²) in [4.78, 5) is 14.0. The van der Waals surface area contributed by atoms with Crippen molar-refractivity contribution in [2.24, 2.45) is 0 Å². The molecule has 1 atom stereocenters. The van der Waals surface area contributed by atoms with Gasteiger partial charge in [-0.25, -0.2) is 13.1 Å². The zero-order valence-electron chi connectivity index (χ0n) is 11.3. The molecule has 5 nitrogen and oxygen atoms in total. The van der Waals surface area contributed by atoms with Gasteiger partial charge in [0.1, 0.15) is 4.90 Å². The third-order valence-corrected chi connectivity index (χ3v) is 4.80. The van der Waals surface area contributed by atoms with Crippen LogP contribution in [0.3, 0.4) is 0 Å². The van der Waals surface area contributed by atoms with Crippen molar-refractivity contribution >= 4 is 21.6 Å². The molecule has 0 amide bonds. The number of benzene rings is 1. The molecule has 1 aromatic carbocycles. The Balaban J connectivity index is 2.32. The number of rotatable bonds is 5. The fraction of sp³-hybridized carbons (Fsp3) is 0.214. The third kappa shape index (κ3) is 3.72. The van der Waals surface area contributed by atoms with E-state index in [1.807, 2.05) is 6.92 Å². The molecule has 0 saturated heterocycles. The van der Waals surface area contributed by atoms with Crippen molar-refractivity contribution in [3.63, 3.8) is 0 Å². The van der Waals surface area contributed by atoms with Crippen molar-refractivity contribution < 1.29 is 8.42 Å². The van der Waals surface area contributed by atoms with Crippen LogP contribution in [0.2, 0.25) is 5.02 Å². The molecule has 0 aliphatic rings. The molecule has 0 aliphatic heterocycles. The number of sulfonamides is 1. The van der Waals surface area contributed by atoms with Gasteiger partial charge < -0.3 is 4.98 Å². The van der Waals surface area contributed by atoms with E-state index in [9.17, 15) is 13.2 Å². The molecule has 0 radical (unpaired) electrons. The zero-order valence-corrected chi connectivity index (χ0v) is 12.9. The van der Waals surface area contributed by atoms with Crippen LogP contribution in [0.1, 0.15) is 24.9 Å². The highest BCUT2D eigenvalue weighted by Gasteiger charge is 2.22. The number of H-pyrrole nitrogens is 1. The van der Waals surface area contributed by atoms with E-state index < -0.39 is 21.5 Å². The molecule has 2 rings (SSSR count). The molecular weight excluding hydrogens is 312 g/mol. The van der Waals surface area contributed by atoms with E-state index in [-0.39, 0.29) is 4.90 Å². The summed E-state index contributed by atoms with van der Waals surface area (Å²) in [7, 11) is -3.89. The molecule has 2 N–H and O–H groups in total. The Bertz CT molecular complexity index is 769. The molecule has 0 bridgehead atoms. The number of pyridine rings is 1. The minimum Gasteiger partial charge on any atom is -0.366 e. The predicted molar refractivity (Wildman–Crippen MR) is 81.9 cm³/mol. The van der Waals surface area contributed by atoms with Crippen molar-refractivity contribution in [1.82, 2.24) is 9.71 Å². The average molecular weight is 327 g/mol. The van der Waals surface area contributed by atoms with Crippen LogP contribution < -0.4 is 10.2 Å². The van der Waals surface area contributed by atoms with Crippen LogP contribution in [0.4, 0.5) is 0 Å². The molecule has 21 heavy (non-hydrogen) atoms. The Kier molecular flexibility index (Phi) is 4.82. The van der Waals surface area contributed by atoms with Crippen LogP contribution in [-0.2, 0) is 10.0 Å². The first-order valence-electron chi connectivity index (χ1n) is 6.39. The Hall–Kier alpha value is -1.63. The fourth-order valence-electron chi connectivity index (χ4n) is 1.94. The Morgan fingerprint density at radius 3 is 2.48 bits per heavy atom. The summed E-state index contributed by atoms with van der Waals surface area (Å²) in [5.41, 5.74) is 0.241. The summed E-state index contributed by atoms with van der Waals surface area (Å²) in [5, 5.41) is 0.580. The van der Waals surface area contributed by atoms with E-state index in [2.05, 4.69) is 9.71 Å². The second kappa shape index (κ2) is 6.43. The first kappa shape index (κ1) is 15.8. The number of hydrogen-bond donors (Lipinski definition) is 2. The van der Waals surface area contributed by atoms with Crippen LogP contribution in [-0.4, -0.2) is 13.4 Å². The Morgan fingerprint density at radius 1 is 1.24 bits per heavy atom. The highest BCUT2D eigenvalue weighted by molar-refractivity contribution is 7.89.